The summed E-state index contributed by atoms with van der Waals surface area (Å²) in [6, 6.07) is 7.61. The van der Waals surface area contributed by atoms with Gasteiger partial charge in [0, 0.05) is 29.4 Å². The van der Waals surface area contributed by atoms with E-state index in [9.17, 15) is 4.79 Å². The molecule has 0 radical (unpaired) electrons. The molecule has 3 heterocycles. The van der Waals surface area contributed by atoms with Crippen LogP contribution in [0.1, 0.15) is 35.3 Å². The van der Waals surface area contributed by atoms with E-state index in [0.29, 0.717) is 0 Å². The Morgan fingerprint density at radius 2 is 2.20 bits per heavy atom. The molecule has 106 valence electrons. The number of hydrogen-bond acceptors (Lipinski definition) is 3. The summed E-state index contributed by atoms with van der Waals surface area (Å²) in [7, 11) is 0. The Labute approximate surface area is 122 Å². The van der Waals surface area contributed by atoms with Crippen molar-refractivity contribution in [3.63, 3.8) is 0 Å². The third-order valence-electron chi connectivity index (χ3n) is 4.09. The summed E-state index contributed by atoms with van der Waals surface area (Å²) in [6.07, 6.45) is 0. The minimum atomic E-state index is -0.542. The van der Waals surface area contributed by atoms with Crippen LogP contribution in [0.2, 0.25) is 0 Å². The van der Waals surface area contributed by atoms with Crippen LogP contribution in [-0.2, 0) is 11.3 Å². The SMILES string of the molecule is Cc1ccc2n1CCN(C(=O)C(N)c1cccs1)C2C. The summed E-state index contributed by atoms with van der Waals surface area (Å²) in [5, 5.41) is 1.95. The molecular weight excluding hydrogens is 270 g/mol. The molecule has 1 amide bonds. The molecule has 0 fully saturated rings. The van der Waals surface area contributed by atoms with Gasteiger partial charge in [0.1, 0.15) is 6.04 Å². The van der Waals surface area contributed by atoms with Gasteiger partial charge in [-0.25, -0.2) is 0 Å². The van der Waals surface area contributed by atoms with E-state index in [2.05, 4.69) is 30.5 Å². The van der Waals surface area contributed by atoms with Gasteiger partial charge in [0.15, 0.2) is 0 Å². The molecule has 0 saturated carbocycles. The largest absolute Gasteiger partial charge is 0.345 e. The molecule has 1 aliphatic rings. The van der Waals surface area contributed by atoms with Crippen LogP contribution in [0.25, 0.3) is 0 Å². The molecule has 1 aliphatic heterocycles. The summed E-state index contributed by atoms with van der Waals surface area (Å²) in [4.78, 5) is 15.5. The van der Waals surface area contributed by atoms with Crippen LogP contribution >= 0.6 is 11.3 Å². The minimum Gasteiger partial charge on any atom is -0.345 e. The molecule has 2 unspecified atom stereocenters. The number of carbonyl (C=O) groups excluding carboxylic acids is 1. The number of aryl methyl sites for hydroxylation is 1. The highest BCUT2D eigenvalue weighted by Crippen LogP contribution is 2.30. The normalized spacial score (nSPS) is 19.8. The van der Waals surface area contributed by atoms with Crippen molar-refractivity contribution in [1.82, 2.24) is 9.47 Å². The molecule has 0 bridgehead atoms. The highest BCUT2D eigenvalue weighted by Gasteiger charge is 2.31. The van der Waals surface area contributed by atoms with Crippen molar-refractivity contribution < 1.29 is 4.79 Å². The Morgan fingerprint density at radius 3 is 2.90 bits per heavy atom. The van der Waals surface area contributed by atoms with Crippen molar-refractivity contribution in [2.24, 2.45) is 5.73 Å². The predicted octanol–water partition coefficient (Wildman–Crippen LogP) is 2.46. The number of nitrogens with zero attached hydrogens (tertiary/aromatic N) is 2. The fourth-order valence-corrected chi connectivity index (χ4v) is 3.61. The summed E-state index contributed by atoms with van der Waals surface area (Å²) in [5.41, 5.74) is 8.56. The van der Waals surface area contributed by atoms with Gasteiger partial charge in [-0.2, -0.15) is 0 Å². The van der Waals surface area contributed by atoms with Crippen molar-refractivity contribution in [2.75, 3.05) is 6.54 Å². The quantitative estimate of drug-likeness (QED) is 0.923. The molecule has 3 rings (SSSR count). The van der Waals surface area contributed by atoms with Gasteiger partial charge in [-0.1, -0.05) is 6.07 Å². The lowest BCUT2D eigenvalue weighted by Crippen LogP contribution is -2.45. The van der Waals surface area contributed by atoms with Crippen molar-refractivity contribution >= 4 is 17.2 Å². The monoisotopic (exact) mass is 289 g/mol. The second-order valence-corrected chi connectivity index (χ2v) is 6.23. The van der Waals surface area contributed by atoms with Crippen molar-refractivity contribution in [2.45, 2.75) is 32.5 Å². The maximum Gasteiger partial charge on any atom is 0.245 e. The van der Waals surface area contributed by atoms with Crippen molar-refractivity contribution in [3.8, 4) is 0 Å². The number of fused-ring (bicyclic) bond motifs is 1. The average molecular weight is 289 g/mol. The second kappa shape index (κ2) is 5.07. The standard InChI is InChI=1S/C15H19N3OS/c1-10-5-6-12-11(2)18(8-7-17(10)12)15(19)14(16)13-4-3-9-20-13/h3-6,9,11,14H,7-8,16H2,1-2H3. The third kappa shape index (κ3) is 2.07. The third-order valence-corrected chi connectivity index (χ3v) is 5.05. The van der Waals surface area contributed by atoms with Gasteiger partial charge in [-0.05, 0) is 37.4 Å². The predicted molar refractivity (Wildman–Crippen MR) is 80.5 cm³/mol. The molecular formula is C15H19N3OS. The number of nitrogens with two attached hydrogens (primary N) is 1. The second-order valence-electron chi connectivity index (χ2n) is 5.25. The smallest absolute Gasteiger partial charge is 0.245 e. The summed E-state index contributed by atoms with van der Waals surface area (Å²) >= 11 is 1.54. The van der Waals surface area contributed by atoms with Gasteiger partial charge in [0.2, 0.25) is 5.91 Å². The van der Waals surface area contributed by atoms with Crippen LogP contribution in [-0.4, -0.2) is 21.9 Å². The molecule has 0 aromatic carbocycles. The summed E-state index contributed by atoms with van der Waals surface area (Å²) < 4.78 is 2.28. The zero-order valence-electron chi connectivity index (χ0n) is 11.7. The fraction of sp³-hybridized carbons (Fsp3) is 0.400. The fourth-order valence-electron chi connectivity index (χ4n) is 2.89. The lowest BCUT2D eigenvalue weighted by atomic mass is 10.1. The van der Waals surface area contributed by atoms with Crippen LogP contribution in [0, 0.1) is 6.92 Å². The van der Waals surface area contributed by atoms with Crippen LogP contribution in [0.4, 0.5) is 0 Å². The average Bonchev–Trinajstić information content (AvgIpc) is 3.08. The number of thiophene rings is 1. The first-order valence-corrected chi connectivity index (χ1v) is 7.73. The molecule has 5 heteroatoms. The molecule has 2 aromatic heterocycles. The van der Waals surface area contributed by atoms with E-state index in [1.54, 1.807) is 0 Å². The van der Waals surface area contributed by atoms with E-state index in [1.807, 2.05) is 22.4 Å². The Balaban J connectivity index is 1.83. The first-order valence-electron chi connectivity index (χ1n) is 6.85. The van der Waals surface area contributed by atoms with E-state index in [-0.39, 0.29) is 11.9 Å². The van der Waals surface area contributed by atoms with Gasteiger partial charge in [0.25, 0.3) is 0 Å². The number of hydrogen-bond donors (Lipinski definition) is 1. The molecule has 0 spiro atoms. The van der Waals surface area contributed by atoms with Gasteiger partial charge >= 0.3 is 0 Å². The van der Waals surface area contributed by atoms with Crippen LogP contribution in [0.3, 0.4) is 0 Å². The number of carbonyl (C=O) groups is 1. The summed E-state index contributed by atoms with van der Waals surface area (Å²) in [5.74, 6) is 0.0186. The maximum atomic E-state index is 12.6. The summed E-state index contributed by atoms with van der Waals surface area (Å²) in [6.45, 7) is 5.75. The Morgan fingerprint density at radius 1 is 1.40 bits per heavy atom. The van der Waals surface area contributed by atoms with Crippen LogP contribution in [0.5, 0.6) is 0 Å². The van der Waals surface area contributed by atoms with E-state index in [1.165, 1.54) is 22.7 Å². The van der Waals surface area contributed by atoms with Gasteiger partial charge in [-0.3, -0.25) is 4.79 Å². The molecule has 0 aliphatic carbocycles. The number of amides is 1. The molecule has 2 atom stereocenters. The lowest BCUT2D eigenvalue weighted by molar-refractivity contribution is -0.135. The first kappa shape index (κ1) is 13.4. The molecule has 2 aromatic rings. The van der Waals surface area contributed by atoms with E-state index in [4.69, 9.17) is 5.73 Å². The van der Waals surface area contributed by atoms with Gasteiger partial charge in [-0.15, -0.1) is 11.3 Å². The molecule has 0 saturated heterocycles. The number of aromatic nitrogens is 1. The zero-order valence-corrected chi connectivity index (χ0v) is 12.6. The lowest BCUT2D eigenvalue weighted by Gasteiger charge is -2.36. The van der Waals surface area contributed by atoms with Crippen molar-refractivity contribution in [3.05, 3.63) is 45.9 Å². The van der Waals surface area contributed by atoms with Crippen LogP contribution in [0.15, 0.2) is 29.6 Å². The minimum absolute atomic E-state index is 0.0186. The molecule has 2 N–H and O–H groups in total. The topological polar surface area (TPSA) is 51.3 Å². The maximum absolute atomic E-state index is 12.6. The molecule has 20 heavy (non-hydrogen) atoms. The van der Waals surface area contributed by atoms with E-state index >= 15 is 0 Å². The Hall–Kier alpha value is -1.59. The van der Waals surface area contributed by atoms with E-state index < -0.39 is 6.04 Å². The van der Waals surface area contributed by atoms with Gasteiger partial charge in [0.05, 0.1) is 6.04 Å². The molecule has 4 nitrogen and oxygen atoms in total. The number of rotatable bonds is 2. The zero-order chi connectivity index (χ0) is 14.3. The van der Waals surface area contributed by atoms with Gasteiger partial charge < -0.3 is 15.2 Å². The highest BCUT2D eigenvalue weighted by atomic mass is 32.1. The van der Waals surface area contributed by atoms with Crippen LogP contribution < -0.4 is 5.73 Å². The first-order chi connectivity index (χ1) is 9.59. The highest BCUT2D eigenvalue weighted by molar-refractivity contribution is 7.10. The Kier molecular flexibility index (Phi) is 3.40. The van der Waals surface area contributed by atoms with Crippen molar-refractivity contribution in [1.29, 1.82) is 0 Å². The van der Waals surface area contributed by atoms with E-state index in [0.717, 1.165) is 18.0 Å². The Bertz CT molecular complexity index is 617.